The van der Waals surface area contributed by atoms with Crippen molar-refractivity contribution >= 4 is 15.8 Å². The zero-order chi connectivity index (χ0) is 14.4. The number of ether oxygens (including phenoxy) is 1. The minimum atomic E-state index is -3.41. The van der Waals surface area contributed by atoms with Crippen LogP contribution in [0.3, 0.4) is 0 Å². The molecule has 1 aliphatic heterocycles. The molecule has 0 aromatic heterocycles. The van der Waals surface area contributed by atoms with E-state index in [0.29, 0.717) is 18.4 Å². The van der Waals surface area contributed by atoms with Gasteiger partial charge in [-0.05, 0) is 50.8 Å². The summed E-state index contributed by atoms with van der Waals surface area (Å²) in [4.78, 5) is 11.9. The van der Waals surface area contributed by atoms with E-state index in [1.54, 1.807) is 26.8 Å². The molecule has 0 radical (unpaired) electrons. The average Bonchev–Trinajstić information content (AvgIpc) is 2.33. The topological polar surface area (TPSA) is 60.4 Å². The van der Waals surface area contributed by atoms with Crippen molar-refractivity contribution in [3.8, 4) is 0 Å². The molecular weight excluding hydrogens is 264 g/mol. The highest BCUT2D eigenvalue weighted by molar-refractivity contribution is 7.92. The van der Waals surface area contributed by atoms with Crippen LogP contribution in [0.5, 0.6) is 0 Å². The Labute approximate surface area is 113 Å². The van der Waals surface area contributed by atoms with Gasteiger partial charge in [0.15, 0.2) is 9.84 Å². The fourth-order valence-corrected chi connectivity index (χ4v) is 4.14. The minimum absolute atomic E-state index is 0.273. The van der Waals surface area contributed by atoms with Crippen LogP contribution in [0.25, 0.3) is 0 Å². The van der Waals surface area contributed by atoms with Crippen LogP contribution in [0.15, 0.2) is 17.0 Å². The summed E-state index contributed by atoms with van der Waals surface area (Å²) in [5, 5.41) is 0. The van der Waals surface area contributed by atoms with Crippen LogP contribution in [0.1, 0.15) is 41.8 Å². The summed E-state index contributed by atoms with van der Waals surface area (Å²) in [6.45, 7) is 5.24. The summed E-state index contributed by atoms with van der Waals surface area (Å²) in [5.74, 6) is -0.501. The number of benzene rings is 1. The average molecular weight is 282 g/mol. The molecule has 1 aromatic carbocycles. The second-order valence-electron chi connectivity index (χ2n) is 5.53. The Morgan fingerprint density at radius 1 is 1.32 bits per heavy atom. The lowest BCUT2D eigenvalue weighted by Crippen LogP contribution is -2.36. The van der Waals surface area contributed by atoms with Gasteiger partial charge in [-0.25, -0.2) is 13.2 Å². The molecule has 0 unspecified atom stereocenters. The quantitative estimate of drug-likeness (QED) is 0.741. The molecule has 0 saturated heterocycles. The molecule has 1 heterocycles. The van der Waals surface area contributed by atoms with Crippen LogP contribution < -0.4 is 0 Å². The molecule has 1 aliphatic rings. The summed E-state index contributed by atoms with van der Waals surface area (Å²) >= 11 is 0. The van der Waals surface area contributed by atoms with E-state index >= 15 is 0 Å². The molecule has 0 bridgehead atoms. The Kier molecular flexibility index (Phi) is 3.21. The third-order valence-electron chi connectivity index (χ3n) is 3.83. The highest BCUT2D eigenvalue weighted by Gasteiger charge is 2.41. The number of carbonyl (C=O) groups excluding carboxylic acids is 1. The van der Waals surface area contributed by atoms with E-state index in [4.69, 9.17) is 4.74 Å². The number of aryl methyl sites for hydroxylation is 2. The van der Waals surface area contributed by atoms with E-state index in [2.05, 4.69) is 0 Å². The van der Waals surface area contributed by atoms with E-state index in [1.165, 1.54) is 13.2 Å². The molecule has 0 atom stereocenters. The SMILES string of the molecule is COC(=O)c1cc2c(cc1C)CCC(C)(C)S2(=O)=O. The number of sulfone groups is 1. The molecule has 104 valence electrons. The van der Waals surface area contributed by atoms with Crippen molar-refractivity contribution in [3.05, 3.63) is 28.8 Å². The van der Waals surface area contributed by atoms with Crippen LogP contribution in [0.2, 0.25) is 0 Å². The van der Waals surface area contributed by atoms with Crippen LogP contribution in [-0.4, -0.2) is 26.2 Å². The van der Waals surface area contributed by atoms with E-state index in [9.17, 15) is 13.2 Å². The van der Waals surface area contributed by atoms with Gasteiger partial charge in [0.2, 0.25) is 0 Å². The first-order valence-corrected chi connectivity index (χ1v) is 7.65. The van der Waals surface area contributed by atoms with Crippen molar-refractivity contribution in [1.82, 2.24) is 0 Å². The molecule has 0 aliphatic carbocycles. The fraction of sp³-hybridized carbons (Fsp3) is 0.500. The molecular formula is C14H18O4S. The molecule has 0 fully saturated rings. The maximum absolute atomic E-state index is 12.5. The molecule has 0 amide bonds. The van der Waals surface area contributed by atoms with E-state index in [1.807, 2.05) is 0 Å². The summed E-state index contributed by atoms with van der Waals surface area (Å²) in [5.41, 5.74) is 1.87. The van der Waals surface area contributed by atoms with Crippen LogP contribution >= 0.6 is 0 Å². The maximum atomic E-state index is 12.5. The van der Waals surface area contributed by atoms with Crippen molar-refractivity contribution in [1.29, 1.82) is 0 Å². The van der Waals surface area contributed by atoms with Gasteiger partial charge < -0.3 is 4.74 Å². The number of esters is 1. The molecule has 0 spiro atoms. The molecule has 0 N–H and O–H groups in total. The second kappa shape index (κ2) is 4.34. The molecule has 2 rings (SSSR count). The Balaban J connectivity index is 2.70. The molecule has 1 aromatic rings. The number of carbonyl (C=O) groups is 1. The monoisotopic (exact) mass is 282 g/mol. The number of hydrogen-bond acceptors (Lipinski definition) is 4. The highest BCUT2D eigenvalue weighted by Crippen LogP contribution is 2.38. The molecule has 0 saturated carbocycles. The maximum Gasteiger partial charge on any atom is 0.338 e. The van der Waals surface area contributed by atoms with Gasteiger partial charge in [-0.15, -0.1) is 0 Å². The Morgan fingerprint density at radius 3 is 2.53 bits per heavy atom. The largest absolute Gasteiger partial charge is 0.465 e. The lowest BCUT2D eigenvalue weighted by Gasteiger charge is -2.31. The zero-order valence-electron chi connectivity index (χ0n) is 11.6. The third-order valence-corrected chi connectivity index (χ3v) is 6.44. The fourth-order valence-electron chi connectivity index (χ4n) is 2.39. The number of fused-ring (bicyclic) bond motifs is 1. The zero-order valence-corrected chi connectivity index (χ0v) is 12.4. The molecule has 4 nitrogen and oxygen atoms in total. The van der Waals surface area contributed by atoms with Crippen molar-refractivity contribution in [3.63, 3.8) is 0 Å². The van der Waals surface area contributed by atoms with Gasteiger partial charge in [0.25, 0.3) is 0 Å². The van der Waals surface area contributed by atoms with Gasteiger partial charge in [-0.1, -0.05) is 6.07 Å². The number of methoxy groups -OCH3 is 1. The number of hydrogen-bond donors (Lipinski definition) is 0. The Hall–Kier alpha value is -1.36. The van der Waals surface area contributed by atoms with Gasteiger partial charge >= 0.3 is 5.97 Å². The third kappa shape index (κ3) is 2.06. The predicted octanol–water partition coefficient (Wildman–Crippen LogP) is 2.28. The van der Waals surface area contributed by atoms with Crippen LogP contribution in [0, 0.1) is 6.92 Å². The first-order valence-electron chi connectivity index (χ1n) is 6.17. The van der Waals surface area contributed by atoms with Gasteiger partial charge in [-0.2, -0.15) is 0 Å². The highest BCUT2D eigenvalue weighted by atomic mass is 32.2. The summed E-state index contributed by atoms with van der Waals surface area (Å²) < 4.78 is 29.0. The lowest BCUT2D eigenvalue weighted by atomic mass is 9.97. The summed E-state index contributed by atoms with van der Waals surface area (Å²) in [7, 11) is -2.12. The van der Waals surface area contributed by atoms with E-state index in [-0.39, 0.29) is 4.90 Å². The normalized spacial score (nSPS) is 19.6. The van der Waals surface area contributed by atoms with Crippen LogP contribution in [0.4, 0.5) is 0 Å². The summed E-state index contributed by atoms with van der Waals surface area (Å²) in [6.07, 6.45) is 1.31. The van der Waals surface area contributed by atoms with Gasteiger partial charge in [0, 0.05) is 0 Å². The predicted molar refractivity (Wildman–Crippen MR) is 72.1 cm³/mol. The smallest absolute Gasteiger partial charge is 0.338 e. The van der Waals surface area contributed by atoms with Gasteiger partial charge in [0.05, 0.1) is 22.3 Å². The molecule has 5 heteroatoms. The first-order chi connectivity index (χ1) is 8.70. The van der Waals surface area contributed by atoms with Crippen molar-refractivity contribution < 1.29 is 17.9 Å². The minimum Gasteiger partial charge on any atom is -0.465 e. The lowest BCUT2D eigenvalue weighted by molar-refractivity contribution is 0.0599. The Morgan fingerprint density at radius 2 is 1.95 bits per heavy atom. The van der Waals surface area contributed by atoms with Crippen molar-refractivity contribution in [2.75, 3.05) is 7.11 Å². The molecule has 19 heavy (non-hydrogen) atoms. The van der Waals surface area contributed by atoms with E-state index in [0.717, 1.165) is 11.1 Å². The second-order valence-corrected chi connectivity index (χ2v) is 8.08. The van der Waals surface area contributed by atoms with Crippen LogP contribution in [-0.2, 0) is 21.0 Å². The van der Waals surface area contributed by atoms with Gasteiger partial charge in [-0.3, -0.25) is 0 Å². The number of rotatable bonds is 1. The van der Waals surface area contributed by atoms with Crippen molar-refractivity contribution in [2.24, 2.45) is 0 Å². The summed E-state index contributed by atoms with van der Waals surface area (Å²) in [6, 6.07) is 3.25. The first kappa shape index (κ1) is 14.1. The van der Waals surface area contributed by atoms with Gasteiger partial charge in [0.1, 0.15) is 0 Å². The standard InChI is InChI=1S/C14H18O4S/c1-9-7-10-5-6-14(2,3)19(16,17)12(10)8-11(9)13(15)18-4/h7-8H,5-6H2,1-4H3. The van der Waals surface area contributed by atoms with E-state index < -0.39 is 20.6 Å². The van der Waals surface area contributed by atoms with Crippen molar-refractivity contribution in [2.45, 2.75) is 43.3 Å². The Bertz CT molecular complexity index is 642.